The first-order valence-electron chi connectivity index (χ1n) is 8.84. The van der Waals surface area contributed by atoms with Gasteiger partial charge in [-0.15, -0.1) is 0 Å². The number of carbonyl (C=O) groups excluding carboxylic acids is 1. The molecular weight excluding hydrogens is 308 g/mol. The Bertz CT molecular complexity index is 642. The number of amides is 1. The molecule has 0 spiro atoms. The summed E-state index contributed by atoms with van der Waals surface area (Å²) < 4.78 is 1.55. The van der Waals surface area contributed by atoms with Crippen LogP contribution in [-0.2, 0) is 11.3 Å². The molecule has 1 N–H and O–H groups in total. The van der Waals surface area contributed by atoms with E-state index in [0.717, 1.165) is 11.8 Å². The van der Waals surface area contributed by atoms with E-state index in [4.69, 9.17) is 0 Å². The van der Waals surface area contributed by atoms with Gasteiger partial charge in [-0.25, -0.2) is 0 Å². The highest BCUT2D eigenvalue weighted by Gasteiger charge is 2.42. The van der Waals surface area contributed by atoms with Crippen LogP contribution < -0.4 is 5.32 Å². The summed E-state index contributed by atoms with van der Waals surface area (Å²) in [6.07, 6.45) is 5.23. The van der Waals surface area contributed by atoms with Gasteiger partial charge < -0.3 is 15.4 Å². The molecule has 0 aliphatic heterocycles. The molecule has 1 aromatic rings. The SMILES string of the molecule is Cc1cc([N+](=O)[O-])nn1CC(C)C(=O)NC(C)C1CC2CCC1C2. The van der Waals surface area contributed by atoms with Crippen molar-refractivity contribution in [2.24, 2.45) is 23.7 Å². The van der Waals surface area contributed by atoms with Gasteiger partial charge in [0.05, 0.1) is 29.3 Å². The molecule has 0 saturated heterocycles. The molecule has 0 radical (unpaired) electrons. The van der Waals surface area contributed by atoms with Crippen molar-refractivity contribution in [2.45, 2.75) is 59.0 Å². The summed E-state index contributed by atoms with van der Waals surface area (Å²) in [5.74, 6) is 1.80. The van der Waals surface area contributed by atoms with Crippen LogP contribution in [0.3, 0.4) is 0 Å². The van der Waals surface area contributed by atoms with Crippen molar-refractivity contribution >= 4 is 11.7 Å². The van der Waals surface area contributed by atoms with Gasteiger partial charge in [-0.05, 0) is 55.8 Å². The highest BCUT2D eigenvalue weighted by atomic mass is 16.6. The predicted molar refractivity (Wildman–Crippen MR) is 89.3 cm³/mol. The van der Waals surface area contributed by atoms with Crippen LogP contribution in [0, 0.1) is 40.7 Å². The molecule has 7 heteroatoms. The summed E-state index contributed by atoms with van der Waals surface area (Å²) in [5.41, 5.74) is 0.697. The van der Waals surface area contributed by atoms with E-state index in [1.165, 1.54) is 31.7 Å². The molecule has 2 aliphatic carbocycles. The van der Waals surface area contributed by atoms with Crippen LogP contribution in [0.1, 0.15) is 45.2 Å². The Kier molecular flexibility index (Phi) is 4.60. The minimum atomic E-state index is -0.508. The normalized spacial score (nSPS) is 27.9. The maximum absolute atomic E-state index is 12.5. The Morgan fingerprint density at radius 1 is 1.46 bits per heavy atom. The number of aryl methyl sites for hydroxylation is 1. The molecule has 7 nitrogen and oxygen atoms in total. The van der Waals surface area contributed by atoms with Gasteiger partial charge in [-0.2, -0.15) is 4.68 Å². The van der Waals surface area contributed by atoms with Gasteiger partial charge in [-0.3, -0.25) is 4.79 Å². The lowest BCUT2D eigenvalue weighted by Gasteiger charge is -2.29. The molecule has 5 atom stereocenters. The summed E-state index contributed by atoms with van der Waals surface area (Å²) in [7, 11) is 0. The molecule has 5 unspecified atom stereocenters. The smallest absolute Gasteiger partial charge is 0.358 e. The molecule has 1 heterocycles. The van der Waals surface area contributed by atoms with E-state index in [-0.39, 0.29) is 23.7 Å². The van der Waals surface area contributed by atoms with Gasteiger partial charge in [0.25, 0.3) is 0 Å². The highest BCUT2D eigenvalue weighted by molar-refractivity contribution is 5.78. The molecule has 3 rings (SSSR count). The maximum atomic E-state index is 12.5. The molecule has 1 amide bonds. The van der Waals surface area contributed by atoms with E-state index in [9.17, 15) is 14.9 Å². The Morgan fingerprint density at radius 2 is 2.21 bits per heavy atom. The van der Waals surface area contributed by atoms with Crippen molar-refractivity contribution in [3.8, 4) is 0 Å². The van der Waals surface area contributed by atoms with Crippen LogP contribution in [-0.4, -0.2) is 26.7 Å². The average Bonchev–Trinajstić information content (AvgIpc) is 3.23. The molecule has 2 saturated carbocycles. The Morgan fingerprint density at radius 3 is 2.75 bits per heavy atom. The van der Waals surface area contributed by atoms with E-state index in [2.05, 4.69) is 17.3 Å². The van der Waals surface area contributed by atoms with Crippen LogP contribution in [0.2, 0.25) is 0 Å². The van der Waals surface area contributed by atoms with Crippen molar-refractivity contribution in [1.29, 1.82) is 0 Å². The first kappa shape index (κ1) is 16.9. The lowest BCUT2D eigenvalue weighted by atomic mass is 9.84. The zero-order chi connectivity index (χ0) is 17.4. The molecule has 2 fully saturated rings. The summed E-state index contributed by atoms with van der Waals surface area (Å²) in [5, 5.41) is 17.9. The Hall–Kier alpha value is -1.92. The topological polar surface area (TPSA) is 90.1 Å². The zero-order valence-corrected chi connectivity index (χ0v) is 14.6. The fourth-order valence-electron chi connectivity index (χ4n) is 4.49. The largest absolute Gasteiger partial charge is 0.390 e. The van der Waals surface area contributed by atoms with Crippen molar-refractivity contribution in [3.63, 3.8) is 0 Å². The molecule has 2 bridgehead atoms. The summed E-state index contributed by atoms with van der Waals surface area (Å²) in [4.78, 5) is 22.8. The van der Waals surface area contributed by atoms with E-state index in [0.29, 0.717) is 18.2 Å². The van der Waals surface area contributed by atoms with E-state index in [1.807, 2.05) is 6.92 Å². The van der Waals surface area contributed by atoms with Crippen LogP contribution in [0.4, 0.5) is 5.82 Å². The molecule has 24 heavy (non-hydrogen) atoms. The second-order valence-electron chi connectivity index (χ2n) is 7.62. The number of fused-ring (bicyclic) bond motifs is 2. The third-order valence-electron chi connectivity index (χ3n) is 5.85. The number of carbonyl (C=O) groups is 1. The second-order valence-corrected chi connectivity index (χ2v) is 7.62. The Labute approximate surface area is 142 Å². The zero-order valence-electron chi connectivity index (χ0n) is 14.6. The van der Waals surface area contributed by atoms with Crippen molar-refractivity contribution < 1.29 is 9.72 Å². The maximum Gasteiger partial charge on any atom is 0.390 e. The standard InChI is InChI=1S/C17H26N4O3/c1-10(9-20-11(2)6-16(19-20)21(23)24)17(22)18-12(3)15-8-13-4-5-14(15)7-13/h6,10,12-15H,4-5,7-9H2,1-3H3,(H,18,22). The molecular formula is C17H26N4O3. The average molecular weight is 334 g/mol. The predicted octanol–water partition coefficient (Wildman–Crippen LogP) is 2.68. The minimum absolute atomic E-state index is 0.00262. The number of nitrogens with one attached hydrogen (secondary N) is 1. The fraction of sp³-hybridized carbons (Fsp3) is 0.765. The van der Waals surface area contributed by atoms with Crippen LogP contribution >= 0.6 is 0 Å². The first-order chi connectivity index (χ1) is 11.3. The van der Waals surface area contributed by atoms with Crippen LogP contribution in [0.15, 0.2) is 6.07 Å². The fourth-order valence-corrected chi connectivity index (χ4v) is 4.49. The van der Waals surface area contributed by atoms with Gasteiger partial charge in [0, 0.05) is 6.04 Å². The summed E-state index contributed by atoms with van der Waals surface area (Å²) in [6, 6.07) is 1.63. The van der Waals surface area contributed by atoms with E-state index < -0.39 is 4.92 Å². The minimum Gasteiger partial charge on any atom is -0.358 e. The van der Waals surface area contributed by atoms with Crippen LogP contribution in [0.5, 0.6) is 0 Å². The molecule has 0 aromatic carbocycles. The van der Waals surface area contributed by atoms with Gasteiger partial charge >= 0.3 is 5.82 Å². The number of aromatic nitrogens is 2. The van der Waals surface area contributed by atoms with Crippen molar-refractivity contribution in [1.82, 2.24) is 15.1 Å². The number of hydrogen-bond acceptors (Lipinski definition) is 4. The van der Waals surface area contributed by atoms with Gasteiger partial charge in [0.1, 0.15) is 0 Å². The molecule has 1 aromatic heterocycles. The third kappa shape index (κ3) is 3.30. The third-order valence-corrected chi connectivity index (χ3v) is 5.85. The molecule has 132 valence electrons. The second kappa shape index (κ2) is 6.53. The highest BCUT2D eigenvalue weighted by Crippen LogP contribution is 2.49. The monoisotopic (exact) mass is 334 g/mol. The first-order valence-corrected chi connectivity index (χ1v) is 8.84. The van der Waals surface area contributed by atoms with Crippen molar-refractivity contribution in [2.75, 3.05) is 0 Å². The molecule has 2 aliphatic rings. The number of hydrogen-bond donors (Lipinski definition) is 1. The quantitative estimate of drug-likeness (QED) is 0.639. The number of nitro groups is 1. The van der Waals surface area contributed by atoms with Crippen molar-refractivity contribution in [3.05, 3.63) is 21.9 Å². The van der Waals surface area contributed by atoms with Crippen LogP contribution in [0.25, 0.3) is 0 Å². The lowest BCUT2D eigenvalue weighted by molar-refractivity contribution is -0.389. The summed E-state index contributed by atoms with van der Waals surface area (Å²) >= 11 is 0. The van der Waals surface area contributed by atoms with E-state index in [1.54, 1.807) is 11.6 Å². The number of nitrogens with zero attached hydrogens (tertiary/aromatic N) is 3. The van der Waals surface area contributed by atoms with Gasteiger partial charge in [0.15, 0.2) is 0 Å². The summed E-state index contributed by atoms with van der Waals surface area (Å²) in [6.45, 7) is 6.08. The Balaban J connectivity index is 1.56. The van der Waals surface area contributed by atoms with Gasteiger partial charge in [-0.1, -0.05) is 13.3 Å². The number of rotatable bonds is 6. The lowest BCUT2D eigenvalue weighted by Crippen LogP contribution is -2.43. The van der Waals surface area contributed by atoms with E-state index >= 15 is 0 Å². The van der Waals surface area contributed by atoms with Gasteiger partial charge in [0.2, 0.25) is 5.91 Å².